The van der Waals surface area contributed by atoms with Crippen LogP contribution in [0.15, 0.2) is 52.4 Å². The third-order valence-electron chi connectivity index (χ3n) is 4.45. The molecule has 0 fully saturated rings. The van der Waals surface area contributed by atoms with Crippen molar-refractivity contribution in [3.05, 3.63) is 53.0 Å². The first-order valence-electron chi connectivity index (χ1n) is 7.31. The molecular weight excluding hydrogens is 280 g/mol. The molecular formula is C17H16N2O3. The molecule has 0 spiro atoms. The van der Waals surface area contributed by atoms with Gasteiger partial charge in [-0.05, 0) is 17.7 Å². The average Bonchev–Trinajstić information content (AvgIpc) is 2.84. The minimum atomic E-state index is -0.329. The summed E-state index contributed by atoms with van der Waals surface area (Å²) in [5, 5.41) is 9.96. The minimum Gasteiger partial charge on any atom is -0.508 e. The van der Waals surface area contributed by atoms with Gasteiger partial charge in [0.2, 0.25) is 0 Å². The van der Waals surface area contributed by atoms with E-state index >= 15 is 0 Å². The Hall–Kier alpha value is -2.56. The summed E-state index contributed by atoms with van der Waals surface area (Å²) >= 11 is 0. The van der Waals surface area contributed by atoms with Gasteiger partial charge in [-0.1, -0.05) is 18.2 Å². The standard InChI is InChI=1S/C17H16N2O3/c1-22-16-7-12-13(8-15(16)20)18-9-11-6-10-4-2-3-5-14(10)19(11)17(12)21/h2-5,7,9,11,13,20H,6,8H2,1H3/t11-,13?/m0/s1. The number of aliphatic hydroxyl groups is 1. The van der Waals surface area contributed by atoms with Crippen LogP contribution in [-0.2, 0) is 16.0 Å². The van der Waals surface area contributed by atoms with Gasteiger partial charge < -0.3 is 9.84 Å². The van der Waals surface area contributed by atoms with Gasteiger partial charge in [0.05, 0.1) is 19.2 Å². The number of rotatable bonds is 1. The second kappa shape index (κ2) is 4.73. The summed E-state index contributed by atoms with van der Waals surface area (Å²) in [7, 11) is 1.49. The lowest BCUT2D eigenvalue weighted by atomic mass is 9.96. The fraction of sp³-hybridized carbons (Fsp3) is 0.294. The molecule has 5 heteroatoms. The lowest BCUT2D eigenvalue weighted by Crippen LogP contribution is -2.39. The molecule has 112 valence electrons. The highest BCUT2D eigenvalue weighted by atomic mass is 16.5. The molecule has 0 saturated carbocycles. The van der Waals surface area contributed by atoms with E-state index in [1.807, 2.05) is 30.5 Å². The van der Waals surface area contributed by atoms with Crippen LogP contribution in [0.2, 0.25) is 0 Å². The van der Waals surface area contributed by atoms with Crippen molar-refractivity contribution in [2.45, 2.75) is 24.9 Å². The van der Waals surface area contributed by atoms with Crippen LogP contribution < -0.4 is 4.90 Å². The van der Waals surface area contributed by atoms with Gasteiger partial charge >= 0.3 is 0 Å². The van der Waals surface area contributed by atoms with Gasteiger partial charge in [0.1, 0.15) is 5.76 Å². The maximum Gasteiger partial charge on any atom is 0.257 e. The molecule has 1 aliphatic carbocycles. The zero-order valence-electron chi connectivity index (χ0n) is 12.2. The number of ether oxygens (including phenoxy) is 1. The van der Waals surface area contributed by atoms with Gasteiger partial charge in [0.15, 0.2) is 5.76 Å². The van der Waals surface area contributed by atoms with Crippen molar-refractivity contribution in [3.63, 3.8) is 0 Å². The Morgan fingerprint density at radius 2 is 2.14 bits per heavy atom. The lowest BCUT2D eigenvalue weighted by molar-refractivity contribution is -0.115. The van der Waals surface area contributed by atoms with Crippen LogP contribution in [0.5, 0.6) is 0 Å². The Labute approximate surface area is 128 Å². The van der Waals surface area contributed by atoms with Gasteiger partial charge in [0, 0.05) is 30.3 Å². The smallest absolute Gasteiger partial charge is 0.257 e. The number of hydrogen-bond acceptors (Lipinski definition) is 4. The number of anilines is 1. The number of aliphatic hydroxyl groups excluding tert-OH is 1. The van der Waals surface area contributed by atoms with Gasteiger partial charge in [-0.25, -0.2) is 0 Å². The number of hydrogen-bond donors (Lipinski definition) is 1. The Morgan fingerprint density at radius 1 is 1.32 bits per heavy atom. The highest BCUT2D eigenvalue weighted by molar-refractivity contribution is 6.12. The molecule has 5 nitrogen and oxygen atoms in total. The lowest BCUT2D eigenvalue weighted by Gasteiger charge is -2.25. The van der Waals surface area contributed by atoms with Crippen molar-refractivity contribution in [2.75, 3.05) is 12.0 Å². The van der Waals surface area contributed by atoms with Crippen molar-refractivity contribution in [2.24, 2.45) is 4.99 Å². The number of nitrogens with zero attached hydrogens (tertiary/aromatic N) is 2. The number of amides is 1. The molecule has 1 unspecified atom stereocenters. The largest absolute Gasteiger partial charge is 0.508 e. The Bertz CT molecular complexity index is 748. The molecule has 1 aromatic rings. The zero-order valence-corrected chi connectivity index (χ0v) is 12.2. The molecule has 2 atom stereocenters. The molecule has 3 aliphatic rings. The molecule has 0 aromatic heterocycles. The summed E-state index contributed by atoms with van der Waals surface area (Å²) in [6.07, 6.45) is 4.54. The first-order chi connectivity index (χ1) is 10.7. The third-order valence-corrected chi connectivity index (χ3v) is 4.45. The number of carbonyl (C=O) groups excluding carboxylic acids is 1. The second-order valence-electron chi connectivity index (χ2n) is 5.71. The van der Waals surface area contributed by atoms with E-state index in [2.05, 4.69) is 4.99 Å². The van der Waals surface area contributed by atoms with Crippen LogP contribution in [0.4, 0.5) is 5.69 Å². The van der Waals surface area contributed by atoms with Crippen molar-refractivity contribution < 1.29 is 14.6 Å². The van der Waals surface area contributed by atoms with E-state index < -0.39 is 0 Å². The van der Waals surface area contributed by atoms with Crippen LogP contribution in [0.1, 0.15) is 12.0 Å². The predicted molar refractivity (Wildman–Crippen MR) is 83.1 cm³/mol. The average molecular weight is 296 g/mol. The van der Waals surface area contributed by atoms with Gasteiger partial charge in [-0.15, -0.1) is 0 Å². The van der Waals surface area contributed by atoms with Crippen molar-refractivity contribution in [1.29, 1.82) is 0 Å². The maximum absolute atomic E-state index is 13.0. The Balaban J connectivity index is 1.81. The fourth-order valence-electron chi connectivity index (χ4n) is 3.36. The number of fused-ring (bicyclic) bond motifs is 4. The third kappa shape index (κ3) is 1.78. The van der Waals surface area contributed by atoms with Crippen molar-refractivity contribution >= 4 is 17.8 Å². The molecule has 0 radical (unpaired) electrons. The molecule has 22 heavy (non-hydrogen) atoms. The van der Waals surface area contributed by atoms with Crippen LogP contribution in [0, 0.1) is 0 Å². The van der Waals surface area contributed by atoms with Gasteiger partial charge in [-0.3, -0.25) is 14.7 Å². The number of para-hydroxylation sites is 1. The summed E-state index contributed by atoms with van der Waals surface area (Å²) in [6, 6.07) is 7.56. The highest BCUT2D eigenvalue weighted by Crippen LogP contribution is 2.37. The number of methoxy groups -OCH3 is 1. The van der Waals surface area contributed by atoms with Crippen LogP contribution in [-0.4, -0.2) is 36.4 Å². The molecule has 0 bridgehead atoms. The first-order valence-corrected chi connectivity index (χ1v) is 7.31. The first kappa shape index (κ1) is 13.1. The second-order valence-corrected chi connectivity index (χ2v) is 5.71. The van der Waals surface area contributed by atoms with E-state index in [9.17, 15) is 9.90 Å². The zero-order chi connectivity index (χ0) is 15.3. The van der Waals surface area contributed by atoms with E-state index in [1.165, 1.54) is 7.11 Å². The summed E-state index contributed by atoms with van der Waals surface area (Å²) in [6.45, 7) is 0. The molecule has 1 aromatic carbocycles. The number of carbonyl (C=O) groups is 1. The Morgan fingerprint density at radius 3 is 2.95 bits per heavy atom. The molecule has 4 rings (SSSR count). The molecule has 2 heterocycles. The number of benzene rings is 1. The number of allylic oxidation sites excluding steroid dienone is 1. The summed E-state index contributed by atoms with van der Waals surface area (Å²) in [5.41, 5.74) is 2.68. The molecule has 2 aliphatic heterocycles. The van der Waals surface area contributed by atoms with E-state index in [-0.39, 0.29) is 23.8 Å². The number of aliphatic imine (C=N–C) groups is 1. The maximum atomic E-state index is 13.0. The van der Waals surface area contributed by atoms with Crippen LogP contribution >= 0.6 is 0 Å². The summed E-state index contributed by atoms with van der Waals surface area (Å²) in [5.74, 6) is 0.434. The fourth-order valence-corrected chi connectivity index (χ4v) is 3.36. The summed E-state index contributed by atoms with van der Waals surface area (Å²) < 4.78 is 5.15. The van der Waals surface area contributed by atoms with Crippen LogP contribution in [0.25, 0.3) is 0 Å². The molecule has 1 N–H and O–H groups in total. The highest BCUT2D eigenvalue weighted by Gasteiger charge is 2.40. The molecule has 1 amide bonds. The SMILES string of the molecule is COC1=C(O)CC2N=C[C@@H]3Cc4ccccc4N3C(=O)C2=C1. The Kier molecular flexibility index (Phi) is 2.82. The topological polar surface area (TPSA) is 62.1 Å². The van der Waals surface area contributed by atoms with Crippen LogP contribution in [0.3, 0.4) is 0 Å². The van der Waals surface area contributed by atoms with Crippen molar-refractivity contribution in [1.82, 2.24) is 0 Å². The quantitative estimate of drug-likeness (QED) is 0.863. The summed E-state index contributed by atoms with van der Waals surface area (Å²) in [4.78, 5) is 19.4. The van der Waals surface area contributed by atoms with Crippen molar-refractivity contribution in [3.8, 4) is 0 Å². The van der Waals surface area contributed by atoms with E-state index in [0.29, 0.717) is 17.8 Å². The normalized spacial score (nSPS) is 26.1. The van der Waals surface area contributed by atoms with E-state index in [4.69, 9.17) is 4.74 Å². The van der Waals surface area contributed by atoms with E-state index in [0.717, 1.165) is 17.7 Å². The molecule has 0 saturated heterocycles. The monoisotopic (exact) mass is 296 g/mol. The predicted octanol–water partition coefficient (Wildman–Crippen LogP) is 2.14. The van der Waals surface area contributed by atoms with Gasteiger partial charge in [-0.2, -0.15) is 0 Å². The minimum absolute atomic E-state index is 0.0514. The van der Waals surface area contributed by atoms with Gasteiger partial charge in [0.25, 0.3) is 5.91 Å². The van der Waals surface area contributed by atoms with E-state index in [1.54, 1.807) is 11.0 Å².